The Morgan fingerprint density at radius 2 is 2.55 bits per heavy atom. The summed E-state index contributed by atoms with van der Waals surface area (Å²) in [5, 5.41) is 11.4. The normalized spacial score (nSPS) is 11.5. The summed E-state index contributed by atoms with van der Waals surface area (Å²) in [6.07, 6.45) is 4.13. The molecule has 0 aliphatic carbocycles. The van der Waals surface area contributed by atoms with E-state index in [4.69, 9.17) is 5.21 Å². The van der Waals surface area contributed by atoms with Gasteiger partial charge in [-0.2, -0.15) is 0 Å². The highest BCUT2D eigenvalue weighted by atomic mass is 16.4. The van der Waals surface area contributed by atoms with Crippen molar-refractivity contribution in [2.45, 2.75) is 13.3 Å². The van der Waals surface area contributed by atoms with E-state index in [-0.39, 0.29) is 0 Å². The van der Waals surface area contributed by atoms with Crippen LogP contribution in [0.1, 0.15) is 12.5 Å². The van der Waals surface area contributed by atoms with E-state index in [1.54, 1.807) is 19.3 Å². The third-order valence-electron chi connectivity index (χ3n) is 1.35. The van der Waals surface area contributed by atoms with Gasteiger partial charge in [-0.25, -0.2) is 0 Å². The maximum absolute atomic E-state index is 8.36. The average molecular weight is 150 g/mol. The number of rotatable bonds is 2. The highest BCUT2D eigenvalue weighted by Crippen LogP contribution is 1.97. The molecule has 0 bridgehead atoms. The third-order valence-corrected chi connectivity index (χ3v) is 1.35. The Balaban J connectivity index is 2.65. The summed E-state index contributed by atoms with van der Waals surface area (Å²) in [4.78, 5) is 3.94. The van der Waals surface area contributed by atoms with Gasteiger partial charge in [0, 0.05) is 18.8 Å². The standard InChI is InChI=1S/C8H10N2O/c1-7(10-11)5-8-3-2-4-9-6-8/h2-4,6,11H,5H2,1H3. The van der Waals surface area contributed by atoms with Gasteiger partial charge in [0.05, 0.1) is 5.71 Å². The van der Waals surface area contributed by atoms with Gasteiger partial charge in [0.1, 0.15) is 0 Å². The van der Waals surface area contributed by atoms with Gasteiger partial charge in [-0.05, 0) is 18.6 Å². The second kappa shape index (κ2) is 3.71. The molecule has 0 aromatic carbocycles. The predicted molar refractivity (Wildman–Crippen MR) is 42.8 cm³/mol. The second-order valence-corrected chi connectivity index (χ2v) is 2.37. The monoisotopic (exact) mass is 150 g/mol. The van der Waals surface area contributed by atoms with Crippen LogP contribution in [0, 0.1) is 0 Å². The largest absolute Gasteiger partial charge is 0.411 e. The molecule has 0 atom stereocenters. The first kappa shape index (κ1) is 7.72. The minimum atomic E-state index is 0.657. The molecule has 0 amide bonds. The van der Waals surface area contributed by atoms with E-state index in [2.05, 4.69) is 10.1 Å². The number of nitrogens with zero attached hydrogens (tertiary/aromatic N) is 2. The molecule has 0 aliphatic rings. The smallest absolute Gasteiger partial charge is 0.0584 e. The summed E-state index contributed by atoms with van der Waals surface area (Å²) in [6, 6.07) is 3.81. The molecule has 0 saturated carbocycles. The highest BCUT2D eigenvalue weighted by Gasteiger charge is 1.94. The molecule has 0 aliphatic heterocycles. The predicted octanol–water partition coefficient (Wildman–Crippen LogP) is 1.47. The molecule has 0 unspecified atom stereocenters. The first-order valence-electron chi connectivity index (χ1n) is 3.39. The highest BCUT2D eigenvalue weighted by molar-refractivity contribution is 5.83. The molecule has 11 heavy (non-hydrogen) atoms. The Kier molecular flexibility index (Phi) is 2.60. The fourth-order valence-electron chi connectivity index (χ4n) is 0.833. The molecule has 0 radical (unpaired) electrons. The molecule has 0 spiro atoms. The van der Waals surface area contributed by atoms with Gasteiger partial charge in [-0.1, -0.05) is 11.2 Å². The number of hydrogen-bond donors (Lipinski definition) is 1. The van der Waals surface area contributed by atoms with Gasteiger partial charge in [-0.15, -0.1) is 0 Å². The van der Waals surface area contributed by atoms with Crippen molar-refractivity contribution < 1.29 is 5.21 Å². The number of oxime groups is 1. The van der Waals surface area contributed by atoms with Crippen molar-refractivity contribution in [2.24, 2.45) is 5.16 Å². The van der Waals surface area contributed by atoms with E-state index < -0.39 is 0 Å². The lowest BCUT2D eigenvalue weighted by atomic mass is 10.1. The Hall–Kier alpha value is -1.38. The molecular weight excluding hydrogens is 140 g/mol. The molecule has 1 rings (SSSR count). The van der Waals surface area contributed by atoms with Crippen molar-refractivity contribution in [1.82, 2.24) is 4.98 Å². The minimum absolute atomic E-state index is 0.657. The van der Waals surface area contributed by atoms with Crippen LogP contribution in [0.4, 0.5) is 0 Å². The molecule has 0 fully saturated rings. The molecule has 58 valence electrons. The van der Waals surface area contributed by atoms with Crippen molar-refractivity contribution in [3.05, 3.63) is 30.1 Å². The fraction of sp³-hybridized carbons (Fsp3) is 0.250. The first-order valence-corrected chi connectivity index (χ1v) is 3.39. The maximum atomic E-state index is 8.36. The van der Waals surface area contributed by atoms with Crippen molar-refractivity contribution in [2.75, 3.05) is 0 Å². The zero-order valence-electron chi connectivity index (χ0n) is 6.36. The third kappa shape index (κ3) is 2.37. The Bertz CT molecular complexity index is 244. The van der Waals surface area contributed by atoms with E-state index in [1.165, 1.54) is 0 Å². The lowest BCUT2D eigenvalue weighted by Gasteiger charge is -1.96. The summed E-state index contributed by atoms with van der Waals surface area (Å²) in [7, 11) is 0. The fourth-order valence-corrected chi connectivity index (χ4v) is 0.833. The lowest BCUT2D eigenvalue weighted by Crippen LogP contribution is -1.97. The van der Waals surface area contributed by atoms with Crippen LogP contribution in [0.5, 0.6) is 0 Å². The maximum Gasteiger partial charge on any atom is 0.0584 e. The van der Waals surface area contributed by atoms with Crippen LogP contribution in [-0.4, -0.2) is 15.9 Å². The van der Waals surface area contributed by atoms with Crippen LogP contribution in [0.15, 0.2) is 29.7 Å². The number of hydrogen-bond acceptors (Lipinski definition) is 3. The molecule has 3 heteroatoms. The van der Waals surface area contributed by atoms with Crippen molar-refractivity contribution >= 4 is 5.71 Å². The van der Waals surface area contributed by atoms with Crippen LogP contribution in [0.25, 0.3) is 0 Å². The Morgan fingerprint density at radius 3 is 3.09 bits per heavy atom. The average Bonchev–Trinajstić information content (AvgIpc) is 2.06. The Morgan fingerprint density at radius 1 is 1.73 bits per heavy atom. The van der Waals surface area contributed by atoms with Gasteiger partial charge in [0.15, 0.2) is 0 Å². The van der Waals surface area contributed by atoms with Crippen LogP contribution in [0.2, 0.25) is 0 Å². The van der Waals surface area contributed by atoms with E-state index in [1.807, 2.05) is 12.1 Å². The summed E-state index contributed by atoms with van der Waals surface area (Å²) >= 11 is 0. The first-order chi connectivity index (χ1) is 5.33. The number of aromatic nitrogens is 1. The van der Waals surface area contributed by atoms with Crippen molar-refractivity contribution in [3.8, 4) is 0 Å². The molecule has 3 nitrogen and oxygen atoms in total. The summed E-state index contributed by atoms with van der Waals surface area (Å²) in [6.45, 7) is 1.77. The van der Waals surface area contributed by atoms with Crippen molar-refractivity contribution in [3.63, 3.8) is 0 Å². The molecule has 1 aromatic rings. The summed E-state index contributed by atoms with van der Waals surface area (Å²) in [5.41, 5.74) is 1.75. The van der Waals surface area contributed by atoms with Crippen LogP contribution in [-0.2, 0) is 6.42 Å². The van der Waals surface area contributed by atoms with E-state index in [0.29, 0.717) is 12.1 Å². The van der Waals surface area contributed by atoms with E-state index >= 15 is 0 Å². The van der Waals surface area contributed by atoms with Gasteiger partial charge in [-0.3, -0.25) is 4.98 Å². The van der Waals surface area contributed by atoms with E-state index in [9.17, 15) is 0 Å². The van der Waals surface area contributed by atoms with Gasteiger partial charge >= 0.3 is 0 Å². The zero-order chi connectivity index (χ0) is 8.10. The Labute approximate surface area is 65.4 Å². The van der Waals surface area contributed by atoms with E-state index in [0.717, 1.165) is 5.56 Å². The quantitative estimate of drug-likeness (QED) is 0.394. The molecule has 1 aromatic heterocycles. The van der Waals surface area contributed by atoms with Gasteiger partial charge in [0.2, 0.25) is 0 Å². The summed E-state index contributed by atoms with van der Waals surface area (Å²) in [5.74, 6) is 0. The molecule has 1 heterocycles. The second-order valence-electron chi connectivity index (χ2n) is 2.37. The van der Waals surface area contributed by atoms with Gasteiger partial charge < -0.3 is 5.21 Å². The van der Waals surface area contributed by atoms with Gasteiger partial charge in [0.25, 0.3) is 0 Å². The van der Waals surface area contributed by atoms with Crippen LogP contribution in [0.3, 0.4) is 0 Å². The number of pyridine rings is 1. The van der Waals surface area contributed by atoms with Crippen molar-refractivity contribution in [1.29, 1.82) is 0 Å². The molecule has 0 saturated heterocycles. The van der Waals surface area contributed by atoms with Crippen LogP contribution < -0.4 is 0 Å². The topological polar surface area (TPSA) is 45.5 Å². The summed E-state index contributed by atoms with van der Waals surface area (Å²) < 4.78 is 0. The van der Waals surface area contributed by atoms with Crippen LogP contribution >= 0.6 is 0 Å². The zero-order valence-corrected chi connectivity index (χ0v) is 6.36. The molecular formula is C8H10N2O. The minimum Gasteiger partial charge on any atom is -0.411 e. The lowest BCUT2D eigenvalue weighted by molar-refractivity contribution is 0.317. The SMILES string of the molecule is CC(Cc1cccnc1)=NO. The molecule has 1 N–H and O–H groups in total.